The van der Waals surface area contributed by atoms with Crippen LogP contribution in [0.5, 0.6) is 0 Å². The maximum atomic E-state index is 13.2. The number of sulfonamides is 1. The summed E-state index contributed by atoms with van der Waals surface area (Å²) in [4.78, 5) is 36.2. The van der Waals surface area contributed by atoms with E-state index in [0.717, 1.165) is 16.8 Å². The molecule has 1 saturated heterocycles. The van der Waals surface area contributed by atoms with Crippen molar-refractivity contribution in [3.8, 4) is 10.6 Å². The second-order valence-corrected chi connectivity index (χ2v) is 11.3. The number of nitrogens with zero attached hydrogens (tertiary/aromatic N) is 4. The molecule has 4 aromatic rings. The first kappa shape index (κ1) is 23.6. The lowest BCUT2D eigenvalue weighted by molar-refractivity contribution is 0.0701. The molecule has 0 atom stereocenters. The normalized spacial score (nSPS) is 15.0. The highest BCUT2D eigenvalue weighted by molar-refractivity contribution is 7.89. The second-order valence-electron chi connectivity index (χ2n) is 7.94. The number of rotatable bonds is 4. The van der Waals surface area contributed by atoms with Crippen LogP contribution in [0.4, 0.5) is 0 Å². The van der Waals surface area contributed by atoms with E-state index in [-0.39, 0.29) is 43.1 Å². The molecule has 1 aliphatic heterocycles. The van der Waals surface area contributed by atoms with Gasteiger partial charge in [0.1, 0.15) is 21.7 Å². The summed E-state index contributed by atoms with van der Waals surface area (Å²) >= 11 is 7.22. The van der Waals surface area contributed by atoms with Gasteiger partial charge in [0.25, 0.3) is 5.91 Å². The van der Waals surface area contributed by atoms with Gasteiger partial charge in [-0.3, -0.25) is 14.6 Å². The molecule has 1 aliphatic rings. The van der Waals surface area contributed by atoms with E-state index in [1.54, 1.807) is 24.2 Å². The Labute approximate surface area is 209 Å². The summed E-state index contributed by atoms with van der Waals surface area (Å²) in [5, 5.41) is 1.23. The van der Waals surface area contributed by atoms with Gasteiger partial charge in [-0.15, -0.1) is 11.3 Å². The molecule has 1 amide bonds. The number of carbonyl (C=O) groups is 1. The summed E-state index contributed by atoms with van der Waals surface area (Å²) < 4.78 is 33.0. The van der Waals surface area contributed by atoms with E-state index in [0.29, 0.717) is 15.6 Å². The van der Waals surface area contributed by atoms with Gasteiger partial charge >= 0.3 is 0 Å². The minimum Gasteiger partial charge on any atom is -0.463 e. The van der Waals surface area contributed by atoms with Gasteiger partial charge < -0.3 is 9.32 Å². The van der Waals surface area contributed by atoms with Crippen LogP contribution >= 0.6 is 22.9 Å². The molecule has 0 bridgehead atoms. The van der Waals surface area contributed by atoms with Crippen LogP contribution in [0.2, 0.25) is 5.02 Å². The first-order valence-electron chi connectivity index (χ1n) is 10.6. The van der Waals surface area contributed by atoms with Gasteiger partial charge in [-0.2, -0.15) is 4.31 Å². The molecule has 1 aromatic carbocycles. The SMILES string of the molecule is Cc1nc(-c2ccncc2)sc1C(=O)N1CCN(S(=O)(=O)c2coc3cc(Cl)ccc3c2=O)CC1. The monoisotopic (exact) mass is 530 g/mol. The lowest BCUT2D eigenvalue weighted by Gasteiger charge is -2.33. The number of amides is 1. The average molecular weight is 531 g/mol. The molecule has 4 heterocycles. The highest BCUT2D eigenvalue weighted by atomic mass is 35.5. The lowest BCUT2D eigenvalue weighted by Crippen LogP contribution is -2.51. The Kier molecular flexibility index (Phi) is 6.18. The van der Waals surface area contributed by atoms with Gasteiger partial charge in [0.05, 0.1) is 11.1 Å². The Morgan fingerprint density at radius 1 is 1.11 bits per heavy atom. The molecule has 180 valence electrons. The molecule has 0 aliphatic carbocycles. The molecule has 35 heavy (non-hydrogen) atoms. The third kappa shape index (κ3) is 4.36. The molecule has 0 spiro atoms. The molecule has 0 saturated carbocycles. The Hall–Kier alpha value is -3.12. The van der Waals surface area contributed by atoms with Crippen LogP contribution in [0.15, 0.2) is 63.1 Å². The zero-order valence-corrected chi connectivity index (χ0v) is 20.9. The summed E-state index contributed by atoms with van der Waals surface area (Å²) in [6.45, 7) is 2.27. The van der Waals surface area contributed by atoms with E-state index in [9.17, 15) is 18.0 Å². The fraction of sp³-hybridized carbons (Fsp3) is 0.217. The van der Waals surface area contributed by atoms with Crippen LogP contribution in [0.3, 0.4) is 0 Å². The molecule has 12 heteroatoms. The standard InChI is InChI=1S/C23H19ClN4O5S2/c1-14-21(34-22(26-14)15-4-6-25-7-5-15)23(30)27-8-10-28(11-9-27)35(31,32)19-13-33-18-12-16(24)2-3-17(18)20(19)29/h2-7,12-13H,8-11H2,1H3. The highest BCUT2D eigenvalue weighted by Gasteiger charge is 2.34. The van der Waals surface area contributed by atoms with Crippen LogP contribution < -0.4 is 5.43 Å². The molecule has 1 fully saturated rings. The maximum Gasteiger partial charge on any atom is 0.265 e. The number of thiazole rings is 1. The number of pyridine rings is 1. The van der Waals surface area contributed by atoms with E-state index >= 15 is 0 Å². The number of halogens is 1. The van der Waals surface area contributed by atoms with Crippen molar-refractivity contribution in [2.45, 2.75) is 11.8 Å². The fourth-order valence-electron chi connectivity index (χ4n) is 3.89. The average Bonchev–Trinajstić information content (AvgIpc) is 3.25. The van der Waals surface area contributed by atoms with Crippen molar-refractivity contribution in [2.75, 3.05) is 26.2 Å². The quantitative estimate of drug-likeness (QED) is 0.397. The predicted octanol–water partition coefficient (Wildman–Crippen LogP) is 3.42. The largest absolute Gasteiger partial charge is 0.463 e. The van der Waals surface area contributed by atoms with Crippen molar-refractivity contribution in [3.05, 3.63) is 74.8 Å². The van der Waals surface area contributed by atoms with Crippen molar-refractivity contribution in [1.82, 2.24) is 19.2 Å². The van der Waals surface area contributed by atoms with Crippen LogP contribution in [0.1, 0.15) is 15.4 Å². The molecule has 3 aromatic heterocycles. The van der Waals surface area contributed by atoms with E-state index in [4.69, 9.17) is 16.0 Å². The van der Waals surface area contributed by atoms with E-state index < -0.39 is 20.3 Å². The molecule has 5 rings (SSSR count). The minimum atomic E-state index is -4.11. The number of aryl methyl sites for hydroxylation is 1. The third-order valence-electron chi connectivity index (χ3n) is 5.77. The summed E-state index contributed by atoms with van der Waals surface area (Å²) in [5.41, 5.74) is 1.06. The molecule has 0 radical (unpaired) electrons. The maximum absolute atomic E-state index is 13.2. The van der Waals surface area contributed by atoms with E-state index in [1.807, 2.05) is 12.1 Å². The molecule has 0 unspecified atom stereocenters. The Morgan fingerprint density at radius 2 is 1.83 bits per heavy atom. The Bertz CT molecular complexity index is 1590. The molecule has 9 nitrogen and oxygen atoms in total. The van der Waals surface area contributed by atoms with Crippen molar-refractivity contribution in [1.29, 1.82) is 0 Å². The summed E-state index contributed by atoms with van der Waals surface area (Å²) in [6.07, 6.45) is 4.28. The lowest BCUT2D eigenvalue weighted by atomic mass is 10.2. The van der Waals surface area contributed by atoms with Crippen molar-refractivity contribution >= 4 is 49.8 Å². The number of hydrogen-bond donors (Lipinski definition) is 0. The number of fused-ring (bicyclic) bond motifs is 1. The third-order valence-corrected chi connectivity index (χ3v) is 9.08. The molecular formula is C23H19ClN4O5S2. The summed E-state index contributed by atoms with van der Waals surface area (Å²) in [7, 11) is -4.11. The molecular weight excluding hydrogens is 512 g/mol. The zero-order valence-electron chi connectivity index (χ0n) is 18.5. The number of piperazine rings is 1. The summed E-state index contributed by atoms with van der Waals surface area (Å²) in [5.74, 6) is -0.195. The van der Waals surface area contributed by atoms with Gasteiger partial charge in [-0.1, -0.05) is 11.6 Å². The summed E-state index contributed by atoms with van der Waals surface area (Å²) in [6, 6.07) is 8.06. The first-order valence-corrected chi connectivity index (χ1v) is 13.3. The topological polar surface area (TPSA) is 114 Å². The van der Waals surface area contributed by atoms with Crippen LogP contribution in [-0.2, 0) is 10.0 Å². The van der Waals surface area contributed by atoms with E-state index in [1.165, 1.54) is 33.8 Å². The number of aromatic nitrogens is 2. The van der Waals surface area contributed by atoms with Crippen LogP contribution in [-0.4, -0.2) is 59.7 Å². The Morgan fingerprint density at radius 3 is 2.54 bits per heavy atom. The number of hydrogen-bond acceptors (Lipinski definition) is 8. The number of carbonyl (C=O) groups excluding carboxylic acids is 1. The fourth-order valence-corrected chi connectivity index (χ4v) is 6.53. The van der Waals surface area contributed by atoms with Gasteiger partial charge in [0.2, 0.25) is 15.5 Å². The van der Waals surface area contributed by atoms with Crippen LogP contribution in [0, 0.1) is 6.92 Å². The van der Waals surface area contributed by atoms with Crippen LogP contribution in [0.25, 0.3) is 21.5 Å². The minimum absolute atomic E-state index is 0.0568. The molecule has 0 N–H and O–H groups in total. The van der Waals surface area contributed by atoms with Gasteiger partial charge in [-0.05, 0) is 31.2 Å². The highest BCUT2D eigenvalue weighted by Crippen LogP contribution is 2.29. The Balaban J connectivity index is 1.33. The number of benzene rings is 1. The van der Waals surface area contributed by atoms with Crippen molar-refractivity contribution < 1.29 is 17.6 Å². The van der Waals surface area contributed by atoms with Crippen molar-refractivity contribution in [3.63, 3.8) is 0 Å². The zero-order chi connectivity index (χ0) is 24.7. The van der Waals surface area contributed by atoms with Gasteiger partial charge in [0.15, 0.2) is 4.90 Å². The first-order chi connectivity index (χ1) is 16.8. The van der Waals surface area contributed by atoms with Gasteiger partial charge in [0, 0.05) is 55.2 Å². The van der Waals surface area contributed by atoms with E-state index in [2.05, 4.69) is 9.97 Å². The predicted molar refractivity (Wildman–Crippen MR) is 132 cm³/mol. The van der Waals surface area contributed by atoms with Gasteiger partial charge in [-0.25, -0.2) is 13.4 Å². The van der Waals surface area contributed by atoms with Crippen molar-refractivity contribution in [2.24, 2.45) is 0 Å². The smallest absolute Gasteiger partial charge is 0.265 e. The second kappa shape index (κ2) is 9.15.